The molecule has 2 fully saturated rings. The second-order valence-corrected chi connectivity index (χ2v) is 6.79. The largest absolute Gasteiger partial charge is 0.337 e. The number of aromatic nitrogens is 4. The van der Waals surface area contributed by atoms with Gasteiger partial charge in [0.25, 0.3) is 0 Å². The van der Waals surface area contributed by atoms with E-state index in [0.717, 1.165) is 31.5 Å². The topological polar surface area (TPSA) is 50.9 Å². The molecule has 1 N–H and O–H groups in total. The van der Waals surface area contributed by atoms with Crippen molar-refractivity contribution in [1.82, 2.24) is 29.3 Å². The Morgan fingerprint density at radius 2 is 1.48 bits per heavy atom. The highest BCUT2D eigenvalue weighted by Crippen LogP contribution is 2.15. The first kappa shape index (κ1) is 23.4. The van der Waals surface area contributed by atoms with Gasteiger partial charge in [-0.1, -0.05) is 27.7 Å². The summed E-state index contributed by atoms with van der Waals surface area (Å²) in [5.41, 5.74) is 0. The molecule has 154 valence electrons. The molecule has 0 saturated carbocycles. The van der Waals surface area contributed by atoms with Gasteiger partial charge in [-0.3, -0.25) is 0 Å². The average Bonchev–Trinajstić information content (AvgIpc) is 3.49. The third-order valence-electron chi connectivity index (χ3n) is 4.71. The molecule has 27 heavy (non-hydrogen) atoms. The van der Waals surface area contributed by atoms with Crippen LogP contribution in [0.15, 0.2) is 37.4 Å². The van der Waals surface area contributed by atoms with Crippen LogP contribution >= 0.6 is 0 Å². The van der Waals surface area contributed by atoms with E-state index in [9.17, 15) is 0 Å². The van der Waals surface area contributed by atoms with Crippen molar-refractivity contribution in [2.75, 3.05) is 33.2 Å². The normalized spacial score (nSPS) is 21.4. The van der Waals surface area contributed by atoms with Crippen LogP contribution in [0.2, 0.25) is 0 Å². The maximum atomic E-state index is 4.03. The monoisotopic (exact) mass is 376 g/mol. The van der Waals surface area contributed by atoms with Crippen LogP contribution in [0.25, 0.3) is 0 Å². The molecule has 2 aliphatic heterocycles. The maximum absolute atomic E-state index is 4.03. The molecule has 2 aromatic rings. The van der Waals surface area contributed by atoms with E-state index < -0.39 is 0 Å². The Hall–Kier alpha value is -1.66. The lowest BCUT2D eigenvalue weighted by atomic mass is 10.1. The number of rotatable bonds is 4. The predicted molar refractivity (Wildman–Crippen MR) is 114 cm³/mol. The Morgan fingerprint density at radius 1 is 0.889 bits per heavy atom. The lowest BCUT2D eigenvalue weighted by molar-refractivity contribution is 0.378. The smallest absolute Gasteiger partial charge is 0.0946 e. The van der Waals surface area contributed by atoms with E-state index in [4.69, 9.17) is 0 Å². The average molecular weight is 377 g/mol. The minimum absolute atomic E-state index is 0.809. The Morgan fingerprint density at radius 3 is 1.89 bits per heavy atom. The quantitative estimate of drug-likeness (QED) is 0.889. The van der Waals surface area contributed by atoms with Gasteiger partial charge in [-0.2, -0.15) is 0 Å². The zero-order chi connectivity index (χ0) is 19.9. The van der Waals surface area contributed by atoms with Crippen LogP contribution in [0, 0.1) is 11.8 Å². The standard InChI is InChI=1S/C9H15N3.C8H13N3.2C2H6/c1-11-4-2-9(6-11)7-12-5-3-10-8-12;1-2-9-5-8(1)6-11-4-3-10-7-11;2*1-2/h3,5,8-9H,2,4,6-7H2,1H3;3-4,7-9H,1-2,5-6H2;2*1-2H3/t9-;8-;;/m11../s1. The number of nitrogens with one attached hydrogen (secondary N) is 1. The van der Waals surface area contributed by atoms with Crippen molar-refractivity contribution in [2.45, 2.75) is 53.6 Å². The molecule has 6 heteroatoms. The van der Waals surface area contributed by atoms with Gasteiger partial charge in [-0.05, 0) is 51.4 Å². The Kier molecular flexibility index (Phi) is 12.5. The van der Waals surface area contributed by atoms with E-state index in [1.165, 1.54) is 32.5 Å². The molecule has 6 nitrogen and oxygen atoms in total. The summed E-state index contributed by atoms with van der Waals surface area (Å²) in [5.74, 6) is 1.63. The lowest BCUT2D eigenvalue weighted by Crippen LogP contribution is -2.16. The minimum Gasteiger partial charge on any atom is -0.337 e. The molecular formula is C21H40N6. The first-order valence-corrected chi connectivity index (χ1v) is 10.6. The predicted octanol–water partition coefficient (Wildman–Crippen LogP) is 3.38. The molecule has 0 unspecified atom stereocenters. The van der Waals surface area contributed by atoms with Gasteiger partial charge in [0.1, 0.15) is 0 Å². The fourth-order valence-electron chi connectivity index (χ4n) is 3.43. The fraction of sp³-hybridized carbons (Fsp3) is 0.714. The van der Waals surface area contributed by atoms with Crippen molar-refractivity contribution in [2.24, 2.45) is 11.8 Å². The summed E-state index contributed by atoms with van der Waals surface area (Å²) in [4.78, 5) is 10.4. The molecule has 2 aliphatic rings. The van der Waals surface area contributed by atoms with Gasteiger partial charge in [0.05, 0.1) is 12.7 Å². The number of imidazole rings is 2. The zero-order valence-corrected chi connectivity index (χ0v) is 18.0. The molecule has 0 spiro atoms. The van der Waals surface area contributed by atoms with Gasteiger partial charge < -0.3 is 19.4 Å². The molecule has 0 radical (unpaired) electrons. The van der Waals surface area contributed by atoms with Crippen molar-refractivity contribution in [3.8, 4) is 0 Å². The van der Waals surface area contributed by atoms with Crippen molar-refractivity contribution in [3.63, 3.8) is 0 Å². The third kappa shape index (κ3) is 9.20. The number of hydrogen-bond acceptors (Lipinski definition) is 4. The molecule has 2 saturated heterocycles. The van der Waals surface area contributed by atoms with Crippen LogP contribution in [0.4, 0.5) is 0 Å². The van der Waals surface area contributed by atoms with Gasteiger partial charge in [-0.25, -0.2) is 9.97 Å². The van der Waals surface area contributed by atoms with Gasteiger partial charge >= 0.3 is 0 Å². The molecule has 0 amide bonds. The second kappa shape index (κ2) is 14.4. The molecule has 2 aromatic heterocycles. The molecule has 4 rings (SSSR count). The van der Waals surface area contributed by atoms with Crippen LogP contribution in [0.3, 0.4) is 0 Å². The zero-order valence-electron chi connectivity index (χ0n) is 18.0. The Balaban J connectivity index is 0.000000229. The van der Waals surface area contributed by atoms with Crippen LogP contribution in [0.5, 0.6) is 0 Å². The fourth-order valence-corrected chi connectivity index (χ4v) is 3.43. The summed E-state index contributed by atoms with van der Waals surface area (Å²) >= 11 is 0. The van der Waals surface area contributed by atoms with E-state index in [-0.39, 0.29) is 0 Å². The Bertz CT molecular complexity index is 531. The molecule has 0 bridgehead atoms. The van der Waals surface area contributed by atoms with Crippen molar-refractivity contribution in [1.29, 1.82) is 0 Å². The SMILES string of the molecule is CC.CC.CN1CC[C@@H](Cn2ccnc2)C1.c1cn(C[C@@H]2CCNC2)cn1. The van der Waals surface area contributed by atoms with Crippen molar-refractivity contribution < 1.29 is 0 Å². The highest BCUT2D eigenvalue weighted by atomic mass is 15.1. The maximum Gasteiger partial charge on any atom is 0.0946 e. The summed E-state index contributed by atoms with van der Waals surface area (Å²) in [7, 11) is 2.19. The Labute approximate surface area is 166 Å². The molecule has 4 heterocycles. The number of likely N-dealkylation sites (tertiary alicyclic amines) is 1. The van der Waals surface area contributed by atoms with E-state index in [1.807, 2.05) is 65.1 Å². The van der Waals surface area contributed by atoms with E-state index in [2.05, 4.69) is 36.4 Å². The molecule has 0 aliphatic carbocycles. The first-order chi connectivity index (χ1) is 13.3. The molecule has 2 atom stereocenters. The first-order valence-electron chi connectivity index (χ1n) is 10.6. The van der Waals surface area contributed by atoms with Gasteiger partial charge in [0.2, 0.25) is 0 Å². The van der Waals surface area contributed by atoms with Gasteiger partial charge in [-0.15, -0.1) is 0 Å². The number of hydrogen-bond donors (Lipinski definition) is 1. The summed E-state index contributed by atoms with van der Waals surface area (Å²) in [6.07, 6.45) is 14.2. The van der Waals surface area contributed by atoms with E-state index in [1.54, 1.807) is 0 Å². The van der Waals surface area contributed by atoms with Crippen LogP contribution in [-0.2, 0) is 13.1 Å². The molecule has 0 aromatic carbocycles. The van der Waals surface area contributed by atoms with Gasteiger partial charge in [0.15, 0.2) is 0 Å². The summed E-state index contributed by atoms with van der Waals surface area (Å²) in [5, 5.41) is 3.35. The summed E-state index contributed by atoms with van der Waals surface area (Å²) in [6.45, 7) is 15.1. The minimum atomic E-state index is 0.809. The highest BCUT2D eigenvalue weighted by molar-refractivity contribution is 4.80. The lowest BCUT2D eigenvalue weighted by Gasteiger charge is -2.10. The van der Waals surface area contributed by atoms with Crippen LogP contribution in [-0.4, -0.2) is 57.2 Å². The van der Waals surface area contributed by atoms with Gasteiger partial charge in [0, 0.05) is 44.4 Å². The second-order valence-electron chi connectivity index (χ2n) is 6.79. The third-order valence-corrected chi connectivity index (χ3v) is 4.71. The molecular weight excluding hydrogens is 336 g/mol. The van der Waals surface area contributed by atoms with E-state index in [0.29, 0.717) is 0 Å². The summed E-state index contributed by atoms with van der Waals surface area (Å²) in [6, 6.07) is 0. The van der Waals surface area contributed by atoms with Crippen molar-refractivity contribution >= 4 is 0 Å². The summed E-state index contributed by atoms with van der Waals surface area (Å²) < 4.78 is 4.32. The van der Waals surface area contributed by atoms with E-state index >= 15 is 0 Å². The van der Waals surface area contributed by atoms with Crippen LogP contribution in [0.1, 0.15) is 40.5 Å². The highest BCUT2D eigenvalue weighted by Gasteiger charge is 2.19. The van der Waals surface area contributed by atoms with Crippen LogP contribution < -0.4 is 5.32 Å². The number of nitrogens with zero attached hydrogens (tertiary/aromatic N) is 5. The van der Waals surface area contributed by atoms with Crippen molar-refractivity contribution in [3.05, 3.63) is 37.4 Å².